The zero-order valence-electron chi connectivity index (χ0n) is 14.5. The molecule has 1 aliphatic heterocycles. The van der Waals surface area contributed by atoms with Crippen LogP contribution in [0.1, 0.15) is 59.8 Å². The maximum absolute atomic E-state index is 12.8. The van der Waals surface area contributed by atoms with Crippen LogP contribution in [0.15, 0.2) is 40.8 Å². The summed E-state index contributed by atoms with van der Waals surface area (Å²) in [7, 11) is 0. The summed E-state index contributed by atoms with van der Waals surface area (Å²) in [5.41, 5.74) is 1.36. The number of pyridine rings is 1. The van der Waals surface area contributed by atoms with Gasteiger partial charge in [0.25, 0.3) is 5.91 Å². The summed E-state index contributed by atoms with van der Waals surface area (Å²) in [4.78, 5) is 19.2. The smallest absolute Gasteiger partial charge is 0.272 e. The standard InChI is InChI=1S/C20H20N4O2/c25-20(17-8-7-13-3-1-2-4-16(13)21-17)24-11-9-15(10-12-24)19-23-22-18(26-19)14-5-6-14/h1-4,7-8,14-15H,5-6,9-12H2. The maximum Gasteiger partial charge on any atom is 0.272 e. The molecule has 1 amide bonds. The molecule has 0 N–H and O–H groups in total. The second kappa shape index (κ2) is 6.20. The number of benzene rings is 1. The average molecular weight is 348 g/mol. The van der Waals surface area contributed by atoms with Gasteiger partial charge in [-0.25, -0.2) is 4.98 Å². The molecule has 2 aliphatic rings. The van der Waals surface area contributed by atoms with E-state index in [4.69, 9.17) is 4.42 Å². The van der Waals surface area contributed by atoms with Gasteiger partial charge in [-0.3, -0.25) is 4.79 Å². The number of likely N-dealkylation sites (tertiary alicyclic amines) is 1. The van der Waals surface area contributed by atoms with Crippen molar-refractivity contribution in [1.29, 1.82) is 0 Å². The molecule has 3 aromatic rings. The summed E-state index contributed by atoms with van der Waals surface area (Å²) in [6.07, 6.45) is 4.03. The van der Waals surface area contributed by atoms with E-state index in [1.165, 1.54) is 0 Å². The van der Waals surface area contributed by atoms with E-state index in [2.05, 4.69) is 15.2 Å². The van der Waals surface area contributed by atoms with E-state index in [1.807, 2.05) is 41.3 Å². The van der Waals surface area contributed by atoms with Crippen LogP contribution in [0.2, 0.25) is 0 Å². The maximum atomic E-state index is 12.8. The Kier molecular flexibility index (Phi) is 3.69. The van der Waals surface area contributed by atoms with Gasteiger partial charge in [-0.15, -0.1) is 10.2 Å². The minimum atomic E-state index is -0.00148. The summed E-state index contributed by atoms with van der Waals surface area (Å²) < 4.78 is 5.84. The van der Waals surface area contributed by atoms with Gasteiger partial charge in [-0.05, 0) is 37.8 Å². The molecule has 1 aliphatic carbocycles. The molecule has 6 nitrogen and oxygen atoms in total. The predicted octanol–water partition coefficient (Wildman–Crippen LogP) is 3.52. The molecule has 132 valence electrons. The van der Waals surface area contributed by atoms with Gasteiger partial charge < -0.3 is 9.32 Å². The summed E-state index contributed by atoms with van der Waals surface area (Å²) in [5, 5.41) is 9.45. The Labute approximate surface area is 151 Å². The molecule has 0 radical (unpaired) electrons. The van der Waals surface area contributed by atoms with Crippen LogP contribution in [0.5, 0.6) is 0 Å². The van der Waals surface area contributed by atoms with E-state index in [0.29, 0.717) is 24.7 Å². The Hall–Kier alpha value is -2.76. The summed E-state index contributed by atoms with van der Waals surface area (Å²) in [6, 6.07) is 11.6. The number of carbonyl (C=O) groups is 1. The molecule has 2 fully saturated rings. The fraction of sp³-hybridized carbons (Fsp3) is 0.400. The van der Waals surface area contributed by atoms with Crippen molar-refractivity contribution in [2.24, 2.45) is 0 Å². The normalized spacial score (nSPS) is 18.4. The monoisotopic (exact) mass is 348 g/mol. The number of amides is 1. The first-order valence-corrected chi connectivity index (χ1v) is 9.26. The lowest BCUT2D eigenvalue weighted by atomic mass is 9.96. The third-order valence-electron chi connectivity index (χ3n) is 5.33. The van der Waals surface area contributed by atoms with E-state index in [1.54, 1.807) is 0 Å². The molecule has 3 heterocycles. The van der Waals surface area contributed by atoms with Gasteiger partial charge in [0.05, 0.1) is 5.52 Å². The number of hydrogen-bond acceptors (Lipinski definition) is 5. The summed E-state index contributed by atoms with van der Waals surface area (Å²) >= 11 is 0. The van der Waals surface area contributed by atoms with Crippen molar-refractivity contribution in [3.8, 4) is 0 Å². The zero-order valence-corrected chi connectivity index (χ0v) is 14.5. The van der Waals surface area contributed by atoms with Crippen LogP contribution in [0.3, 0.4) is 0 Å². The zero-order chi connectivity index (χ0) is 17.5. The molecule has 1 saturated carbocycles. The second-order valence-electron chi connectivity index (χ2n) is 7.21. The van der Waals surface area contributed by atoms with E-state index >= 15 is 0 Å². The highest BCUT2D eigenvalue weighted by atomic mass is 16.4. The average Bonchev–Trinajstić information content (AvgIpc) is 3.44. The van der Waals surface area contributed by atoms with Crippen LogP contribution in [0.25, 0.3) is 10.9 Å². The molecule has 1 saturated heterocycles. The van der Waals surface area contributed by atoms with E-state index in [0.717, 1.165) is 48.4 Å². The molecule has 26 heavy (non-hydrogen) atoms. The number of rotatable bonds is 3. The highest BCUT2D eigenvalue weighted by molar-refractivity contribution is 5.95. The predicted molar refractivity (Wildman–Crippen MR) is 95.9 cm³/mol. The van der Waals surface area contributed by atoms with Crippen molar-refractivity contribution in [3.05, 3.63) is 53.9 Å². The lowest BCUT2D eigenvalue weighted by molar-refractivity contribution is 0.0700. The van der Waals surface area contributed by atoms with Crippen molar-refractivity contribution in [1.82, 2.24) is 20.1 Å². The largest absolute Gasteiger partial charge is 0.425 e. The fourth-order valence-electron chi connectivity index (χ4n) is 3.58. The summed E-state index contributed by atoms with van der Waals surface area (Å²) in [6.45, 7) is 1.39. The van der Waals surface area contributed by atoms with Crippen molar-refractivity contribution >= 4 is 16.8 Å². The quantitative estimate of drug-likeness (QED) is 0.724. The molecule has 2 aromatic heterocycles. The molecule has 0 bridgehead atoms. The number of carbonyl (C=O) groups excluding carboxylic acids is 1. The molecule has 0 atom stereocenters. The highest BCUT2D eigenvalue weighted by Crippen LogP contribution is 2.40. The van der Waals surface area contributed by atoms with Gasteiger partial charge in [-0.1, -0.05) is 24.3 Å². The lowest BCUT2D eigenvalue weighted by Crippen LogP contribution is -2.38. The minimum Gasteiger partial charge on any atom is -0.425 e. The first kappa shape index (κ1) is 15.5. The Bertz CT molecular complexity index is 955. The fourth-order valence-corrected chi connectivity index (χ4v) is 3.58. The molecule has 1 aromatic carbocycles. The minimum absolute atomic E-state index is 0.00148. The third kappa shape index (κ3) is 2.85. The van der Waals surface area contributed by atoms with Gasteiger partial charge in [0, 0.05) is 30.3 Å². The molecular weight excluding hydrogens is 328 g/mol. The van der Waals surface area contributed by atoms with Gasteiger partial charge in [-0.2, -0.15) is 0 Å². The number of piperidine rings is 1. The Morgan fingerprint density at radius 3 is 2.35 bits per heavy atom. The van der Waals surface area contributed by atoms with Crippen molar-refractivity contribution in [2.75, 3.05) is 13.1 Å². The number of nitrogens with zero attached hydrogens (tertiary/aromatic N) is 4. The van der Waals surface area contributed by atoms with Gasteiger partial charge in [0.15, 0.2) is 0 Å². The highest BCUT2D eigenvalue weighted by Gasteiger charge is 2.32. The number of para-hydroxylation sites is 1. The number of aromatic nitrogens is 3. The number of fused-ring (bicyclic) bond motifs is 1. The molecular formula is C20H20N4O2. The summed E-state index contributed by atoms with van der Waals surface area (Å²) in [5.74, 6) is 2.26. The van der Waals surface area contributed by atoms with E-state index < -0.39 is 0 Å². The first-order valence-electron chi connectivity index (χ1n) is 9.26. The Morgan fingerprint density at radius 2 is 1.62 bits per heavy atom. The molecule has 5 rings (SSSR count). The van der Waals surface area contributed by atoms with Gasteiger partial charge >= 0.3 is 0 Å². The van der Waals surface area contributed by atoms with E-state index in [-0.39, 0.29) is 11.8 Å². The van der Waals surface area contributed by atoms with Gasteiger partial charge in [0.1, 0.15) is 5.69 Å². The van der Waals surface area contributed by atoms with Crippen LogP contribution in [0, 0.1) is 0 Å². The second-order valence-corrected chi connectivity index (χ2v) is 7.21. The molecule has 6 heteroatoms. The van der Waals surface area contributed by atoms with Crippen LogP contribution >= 0.6 is 0 Å². The molecule has 0 spiro atoms. The van der Waals surface area contributed by atoms with Gasteiger partial charge in [0.2, 0.25) is 11.8 Å². The topological polar surface area (TPSA) is 72.1 Å². The Balaban J connectivity index is 1.27. The molecule has 0 unspecified atom stereocenters. The SMILES string of the molecule is O=C(c1ccc2ccccc2n1)N1CCC(c2nnc(C3CC3)o2)CC1. The first-order chi connectivity index (χ1) is 12.8. The third-order valence-corrected chi connectivity index (χ3v) is 5.33. The van der Waals surface area contributed by atoms with Crippen LogP contribution in [-0.2, 0) is 0 Å². The van der Waals surface area contributed by atoms with Crippen molar-refractivity contribution in [2.45, 2.75) is 37.5 Å². The van der Waals surface area contributed by atoms with Crippen LogP contribution in [0.4, 0.5) is 0 Å². The van der Waals surface area contributed by atoms with Crippen LogP contribution in [-0.4, -0.2) is 39.1 Å². The van der Waals surface area contributed by atoms with Crippen LogP contribution < -0.4 is 0 Å². The number of hydrogen-bond donors (Lipinski definition) is 0. The van der Waals surface area contributed by atoms with E-state index in [9.17, 15) is 4.79 Å². The van der Waals surface area contributed by atoms with Crippen molar-refractivity contribution < 1.29 is 9.21 Å². The van der Waals surface area contributed by atoms with Crippen molar-refractivity contribution in [3.63, 3.8) is 0 Å². The Morgan fingerprint density at radius 1 is 0.923 bits per heavy atom. The lowest BCUT2D eigenvalue weighted by Gasteiger charge is -2.30.